The van der Waals surface area contributed by atoms with Crippen LogP contribution in [0.5, 0.6) is 0 Å². The van der Waals surface area contributed by atoms with Gasteiger partial charge in [-0.2, -0.15) is 10.4 Å². The summed E-state index contributed by atoms with van der Waals surface area (Å²) in [6.07, 6.45) is 5.39. The first-order valence-corrected chi connectivity index (χ1v) is 4.73. The Morgan fingerprint density at radius 2 is 2.43 bits per heavy atom. The summed E-state index contributed by atoms with van der Waals surface area (Å²) < 4.78 is 1.88. The van der Waals surface area contributed by atoms with E-state index >= 15 is 0 Å². The molecule has 1 aromatic rings. The van der Waals surface area contributed by atoms with Crippen LogP contribution in [0.3, 0.4) is 0 Å². The number of rotatable bonds is 4. The van der Waals surface area contributed by atoms with E-state index in [1.54, 1.807) is 6.92 Å². The summed E-state index contributed by atoms with van der Waals surface area (Å²) in [5, 5.41) is 12.9. The standard InChI is InChI=1S/C10H16N4/c1-9-6-13-14(7-9)5-3-4-10(2,12)8-11/h6-7H,3-5,12H2,1-2H3. The van der Waals surface area contributed by atoms with Gasteiger partial charge in [-0.15, -0.1) is 0 Å². The molecule has 0 bridgehead atoms. The summed E-state index contributed by atoms with van der Waals surface area (Å²) >= 11 is 0. The Morgan fingerprint density at radius 3 is 2.93 bits per heavy atom. The molecule has 0 amide bonds. The first-order chi connectivity index (χ1) is 6.53. The van der Waals surface area contributed by atoms with Gasteiger partial charge >= 0.3 is 0 Å². The maximum atomic E-state index is 8.70. The van der Waals surface area contributed by atoms with Gasteiger partial charge in [-0.1, -0.05) is 0 Å². The highest BCUT2D eigenvalue weighted by Gasteiger charge is 2.15. The van der Waals surface area contributed by atoms with Gasteiger partial charge in [-0.3, -0.25) is 4.68 Å². The van der Waals surface area contributed by atoms with Crippen LogP contribution in [-0.4, -0.2) is 15.3 Å². The molecule has 1 rings (SSSR count). The van der Waals surface area contributed by atoms with Crippen molar-refractivity contribution in [3.05, 3.63) is 18.0 Å². The maximum absolute atomic E-state index is 8.70. The lowest BCUT2D eigenvalue weighted by Gasteiger charge is -2.14. The van der Waals surface area contributed by atoms with Gasteiger partial charge in [0.2, 0.25) is 0 Å². The molecule has 2 N–H and O–H groups in total. The molecule has 76 valence electrons. The number of hydrogen-bond donors (Lipinski definition) is 1. The minimum absolute atomic E-state index is 0.697. The topological polar surface area (TPSA) is 67.6 Å². The van der Waals surface area contributed by atoms with Gasteiger partial charge in [0, 0.05) is 12.7 Å². The summed E-state index contributed by atoms with van der Waals surface area (Å²) in [5.74, 6) is 0. The molecule has 14 heavy (non-hydrogen) atoms. The monoisotopic (exact) mass is 192 g/mol. The van der Waals surface area contributed by atoms with E-state index < -0.39 is 5.54 Å². The molecule has 1 unspecified atom stereocenters. The van der Waals surface area contributed by atoms with Crippen molar-refractivity contribution in [3.8, 4) is 6.07 Å². The molecule has 1 aromatic heterocycles. The summed E-state index contributed by atoms with van der Waals surface area (Å²) in [5.41, 5.74) is 6.14. The van der Waals surface area contributed by atoms with Crippen molar-refractivity contribution < 1.29 is 0 Å². The SMILES string of the molecule is Cc1cnn(CCCC(C)(N)C#N)c1. The number of hydrogen-bond acceptors (Lipinski definition) is 3. The van der Waals surface area contributed by atoms with Crippen LogP contribution < -0.4 is 5.73 Å². The van der Waals surface area contributed by atoms with Crippen LogP contribution in [0.15, 0.2) is 12.4 Å². The summed E-state index contributed by atoms with van der Waals surface area (Å²) in [4.78, 5) is 0. The smallest absolute Gasteiger partial charge is 0.101 e. The predicted molar refractivity (Wildman–Crippen MR) is 54.4 cm³/mol. The van der Waals surface area contributed by atoms with E-state index in [0.717, 1.165) is 18.5 Å². The first kappa shape index (κ1) is 10.7. The molecule has 4 nitrogen and oxygen atoms in total. The van der Waals surface area contributed by atoms with E-state index in [1.165, 1.54) is 0 Å². The molecule has 1 heterocycles. The van der Waals surface area contributed by atoms with Crippen molar-refractivity contribution in [2.45, 2.75) is 38.8 Å². The Bertz CT molecular complexity index is 332. The molecule has 0 saturated carbocycles. The largest absolute Gasteiger partial charge is 0.314 e. The zero-order valence-corrected chi connectivity index (χ0v) is 8.70. The fourth-order valence-corrected chi connectivity index (χ4v) is 1.25. The Hall–Kier alpha value is -1.34. The third-order valence-electron chi connectivity index (χ3n) is 2.10. The van der Waals surface area contributed by atoms with Gasteiger partial charge in [0.15, 0.2) is 0 Å². The van der Waals surface area contributed by atoms with E-state index in [-0.39, 0.29) is 0 Å². The van der Waals surface area contributed by atoms with Gasteiger partial charge < -0.3 is 5.73 Å². The predicted octanol–water partition coefficient (Wildman–Crippen LogP) is 1.21. The highest BCUT2D eigenvalue weighted by atomic mass is 15.3. The molecule has 4 heteroatoms. The molecule has 0 aliphatic rings. The van der Waals surface area contributed by atoms with E-state index in [0.29, 0.717) is 6.42 Å². The minimum atomic E-state index is -0.706. The molecule has 0 fully saturated rings. The number of aryl methyl sites for hydroxylation is 2. The fourth-order valence-electron chi connectivity index (χ4n) is 1.25. The van der Waals surface area contributed by atoms with Gasteiger partial charge in [0.25, 0.3) is 0 Å². The second-order valence-corrected chi connectivity index (χ2v) is 3.91. The number of aromatic nitrogens is 2. The first-order valence-electron chi connectivity index (χ1n) is 4.73. The van der Waals surface area contributed by atoms with Crippen molar-refractivity contribution >= 4 is 0 Å². The lowest BCUT2D eigenvalue weighted by molar-refractivity contribution is 0.471. The molecule has 0 aromatic carbocycles. The summed E-state index contributed by atoms with van der Waals surface area (Å²) in [7, 11) is 0. The van der Waals surface area contributed by atoms with E-state index in [1.807, 2.05) is 24.0 Å². The number of nitriles is 1. The van der Waals surface area contributed by atoms with E-state index in [4.69, 9.17) is 11.0 Å². The molecule has 0 aliphatic carbocycles. The summed E-state index contributed by atoms with van der Waals surface area (Å²) in [6, 6.07) is 2.08. The van der Waals surface area contributed by atoms with Gasteiger partial charge in [-0.25, -0.2) is 0 Å². The molecule has 1 atom stereocenters. The van der Waals surface area contributed by atoms with Crippen LogP contribution in [0.2, 0.25) is 0 Å². The lowest BCUT2D eigenvalue weighted by Crippen LogP contribution is -2.34. The van der Waals surface area contributed by atoms with Crippen molar-refractivity contribution in [2.75, 3.05) is 0 Å². The van der Waals surface area contributed by atoms with Crippen molar-refractivity contribution in [1.29, 1.82) is 5.26 Å². The van der Waals surface area contributed by atoms with Crippen LogP contribution in [0, 0.1) is 18.3 Å². The van der Waals surface area contributed by atoms with Crippen LogP contribution in [0.25, 0.3) is 0 Å². The zero-order valence-electron chi connectivity index (χ0n) is 8.70. The van der Waals surface area contributed by atoms with Crippen LogP contribution in [-0.2, 0) is 6.54 Å². The van der Waals surface area contributed by atoms with Gasteiger partial charge in [0.05, 0.1) is 12.3 Å². The van der Waals surface area contributed by atoms with Gasteiger partial charge in [0.1, 0.15) is 5.54 Å². The van der Waals surface area contributed by atoms with Crippen molar-refractivity contribution in [1.82, 2.24) is 9.78 Å². The Balaban J connectivity index is 2.33. The van der Waals surface area contributed by atoms with Crippen molar-refractivity contribution in [3.63, 3.8) is 0 Å². The zero-order chi connectivity index (χ0) is 10.6. The van der Waals surface area contributed by atoms with E-state index in [2.05, 4.69) is 11.2 Å². The average Bonchev–Trinajstić information content (AvgIpc) is 2.51. The molecule has 0 spiro atoms. The lowest BCUT2D eigenvalue weighted by atomic mass is 9.99. The van der Waals surface area contributed by atoms with Gasteiger partial charge in [-0.05, 0) is 32.3 Å². The average molecular weight is 192 g/mol. The second kappa shape index (κ2) is 4.25. The van der Waals surface area contributed by atoms with E-state index in [9.17, 15) is 0 Å². The fraction of sp³-hybridized carbons (Fsp3) is 0.600. The number of nitrogens with two attached hydrogens (primary N) is 1. The van der Waals surface area contributed by atoms with Crippen molar-refractivity contribution in [2.24, 2.45) is 5.73 Å². The highest BCUT2D eigenvalue weighted by molar-refractivity contribution is 5.01. The molecule has 0 aliphatic heterocycles. The Kier molecular flexibility index (Phi) is 3.26. The normalized spacial score (nSPS) is 14.7. The second-order valence-electron chi connectivity index (χ2n) is 3.91. The Labute approximate surface area is 84.3 Å². The summed E-state index contributed by atoms with van der Waals surface area (Å²) in [6.45, 7) is 4.58. The third kappa shape index (κ3) is 3.19. The maximum Gasteiger partial charge on any atom is 0.101 e. The van der Waals surface area contributed by atoms with Crippen LogP contribution in [0.1, 0.15) is 25.3 Å². The molecular formula is C10H16N4. The molecular weight excluding hydrogens is 176 g/mol. The highest BCUT2D eigenvalue weighted by Crippen LogP contribution is 2.08. The molecule has 0 saturated heterocycles. The third-order valence-corrected chi connectivity index (χ3v) is 2.10. The van der Waals surface area contributed by atoms with Crippen LogP contribution >= 0.6 is 0 Å². The molecule has 0 radical (unpaired) electrons. The Morgan fingerprint density at radius 1 is 1.71 bits per heavy atom. The quantitative estimate of drug-likeness (QED) is 0.779. The minimum Gasteiger partial charge on any atom is -0.314 e. The van der Waals surface area contributed by atoms with Crippen LogP contribution in [0.4, 0.5) is 0 Å². The number of nitrogens with zero attached hydrogens (tertiary/aromatic N) is 3.